The van der Waals surface area contributed by atoms with Gasteiger partial charge >= 0.3 is 0 Å². The lowest BCUT2D eigenvalue weighted by atomic mass is 9.95. The van der Waals surface area contributed by atoms with Crippen molar-refractivity contribution in [3.05, 3.63) is 59.7 Å². The number of sulfonamides is 1. The highest BCUT2D eigenvalue weighted by molar-refractivity contribution is 7.89. The van der Waals surface area contributed by atoms with Gasteiger partial charge < -0.3 is 10.5 Å². The Bertz CT molecular complexity index is 925. The number of fused-ring (bicyclic) bond motifs is 1. The average molecular weight is 372 g/mol. The van der Waals surface area contributed by atoms with E-state index < -0.39 is 10.0 Å². The maximum Gasteiger partial charge on any atom is 0.243 e. The largest absolute Gasteiger partial charge is 0.487 e. The van der Waals surface area contributed by atoms with Gasteiger partial charge in [-0.15, -0.1) is 0 Å². The van der Waals surface area contributed by atoms with Crippen molar-refractivity contribution in [2.75, 3.05) is 13.1 Å². The van der Waals surface area contributed by atoms with E-state index in [1.807, 2.05) is 44.2 Å². The van der Waals surface area contributed by atoms with Crippen LogP contribution < -0.4 is 10.5 Å². The third-order valence-electron chi connectivity index (χ3n) is 5.23. The van der Waals surface area contributed by atoms with Gasteiger partial charge in [0.2, 0.25) is 10.0 Å². The summed E-state index contributed by atoms with van der Waals surface area (Å²) in [5.41, 5.74) is 8.01. The van der Waals surface area contributed by atoms with Crippen LogP contribution in [0.25, 0.3) is 0 Å². The molecule has 2 atom stereocenters. The van der Waals surface area contributed by atoms with Crippen LogP contribution in [0, 0.1) is 0 Å². The van der Waals surface area contributed by atoms with Gasteiger partial charge in [-0.2, -0.15) is 4.31 Å². The van der Waals surface area contributed by atoms with Gasteiger partial charge in [-0.1, -0.05) is 30.3 Å². The second-order valence-corrected chi connectivity index (χ2v) is 9.75. The first-order valence-corrected chi connectivity index (χ1v) is 10.3. The van der Waals surface area contributed by atoms with E-state index in [2.05, 4.69) is 0 Å². The van der Waals surface area contributed by atoms with Crippen molar-refractivity contribution < 1.29 is 13.2 Å². The van der Waals surface area contributed by atoms with Crippen molar-refractivity contribution in [3.8, 4) is 5.75 Å². The molecule has 1 fully saturated rings. The molecule has 2 aromatic rings. The fraction of sp³-hybridized carbons (Fsp3) is 0.400. The Morgan fingerprint density at radius 3 is 2.58 bits per heavy atom. The minimum Gasteiger partial charge on any atom is -0.487 e. The summed E-state index contributed by atoms with van der Waals surface area (Å²) in [4.78, 5) is 0.318. The molecule has 0 bridgehead atoms. The predicted octanol–water partition coefficient (Wildman–Crippen LogP) is 2.52. The molecule has 6 heteroatoms. The summed E-state index contributed by atoms with van der Waals surface area (Å²) in [7, 11) is -3.57. The van der Waals surface area contributed by atoms with E-state index in [0.29, 0.717) is 24.4 Å². The molecule has 26 heavy (non-hydrogen) atoms. The molecule has 1 saturated heterocycles. The van der Waals surface area contributed by atoms with Crippen LogP contribution in [-0.4, -0.2) is 37.5 Å². The topological polar surface area (TPSA) is 72.6 Å². The van der Waals surface area contributed by atoms with E-state index in [9.17, 15) is 8.42 Å². The molecule has 4 rings (SSSR count). The molecule has 2 aliphatic heterocycles. The molecular weight excluding hydrogens is 348 g/mol. The summed E-state index contributed by atoms with van der Waals surface area (Å²) < 4.78 is 33.7. The van der Waals surface area contributed by atoms with Gasteiger partial charge in [0, 0.05) is 31.5 Å². The molecule has 0 amide bonds. The molecule has 2 N–H and O–H groups in total. The highest BCUT2D eigenvalue weighted by Crippen LogP contribution is 2.37. The van der Waals surface area contributed by atoms with Gasteiger partial charge in [-0.25, -0.2) is 8.42 Å². The lowest BCUT2D eigenvalue weighted by Crippen LogP contribution is -2.32. The first-order valence-electron chi connectivity index (χ1n) is 8.89. The van der Waals surface area contributed by atoms with Crippen LogP contribution in [0.1, 0.15) is 30.9 Å². The molecule has 2 heterocycles. The highest BCUT2D eigenvalue weighted by Gasteiger charge is 2.39. The van der Waals surface area contributed by atoms with Crippen molar-refractivity contribution in [2.45, 2.75) is 42.7 Å². The molecular formula is C20H24N2O3S. The van der Waals surface area contributed by atoms with Gasteiger partial charge in [0.15, 0.2) is 0 Å². The fourth-order valence-corrected chi connectivity index (χ4v) is 5.49. The summed E-state index contributed by atoms with van der Waals surface area (Å²) in [5.74, 6) is 0.789. The molecule has 0 unspecified atom stereocenters. The van der Waals surface area contributed by atoms with E-state index in [1.54, 1.807) is 18.2 Å². The number of nitrogens with two attached hydrogens (primary N) is 1. The van der Waals surface area contributed by atoms with Crippen LogP contribution in [0.2, 0.25) is 0 Å². The number of rotatable bonds is 3. The monoisotopic (exact) mass is 372 g/mol. The summed E-state index contributed by atoms with van der Waals surface area (Å²) in [6.07, 6.45) is 0.706. The van der Waals surface area contributed by atoms with Crippen LogP contribution in [0.15, 0.2) is 53.4 Å². The summed E-state index contributed by atoms with van der Waals surface area (Å²) in [5, 5.41) is 0. The maximum absolute atomic E-state index is 13.1. The Balaban J connectivity index is 1.60. The van der Waals surface area contributed by atoms with Crippen molar-refractivity contribution >= 4 is 10.0 Å². The Labute approximate surface area is 154 Å². The zero-order valence-corrected chi connectivity index (χ0v) is 15.9. The highest BCUT2D eigenvalue weighted by atomic mass is 32.2. The maximum atomic E-state index is 13.1. The number of hydrogen-bond acceptors (Lipinski definition) is 4. The number of nitrogens with zero attached hydrogens (tertiary/aromatic N) is 1. The second-order valence-electron chi connectivity index (χ2n) is 7.81. The smallest absolute Gasteiger partial charge is 0.243 e. The summed E-state index contributed by atoms with van der Waals surface area (Å²) >= 11 is 0. The van der Waals surface area contributed by atoms with Crippen LogP contribution in [0.5, 0.6) is 5.75 Å². The van der Waals surface area contributed by atoms with E-state index in [1.165, 1.54) is 4.31 Å². The molecule has 0 aliphatic carbocycles. The van der Waals surface area contributed by atoms with Crippen LogP contribution in [0.3, 0.4) is 0 Å². The Hall–Kier alpha value is -1.89. The molecule has 2 aliphatic rings. The van der Waals surface area contributed by atoms with E-state index in [-0.39, 0.29) is 17.6 Å². The lowest BCUT2D eigenvalue weighted by Gasteiger charge is -2.17. The molecule has 0 spiro atoms. The standard InChI is InChI=1S/C20H24N2O3S/c1-20(2)11-15-10-16(8-9-19(15)25-20)26(23,24)22-12-17(18(21)13-22)14-6-4-3-5-7-14/h3-10,17-18H,11-13,21H2,1-2H3/t17-,18+/m0/s1. The number of benzene rings is 2. The van der Waals surface area contributed by atoms with Gasteiger partial charge in [-0.05, 0) is 43.2 Å². The Morgan fingerprint density at radius 2 is 1.85 bits per heavy atom. The van der Waals surface area contributed by atoms with Crippen molar-refractivity contribution in [1.29, 1.82) is 0 Å². The average Bonchev–Trinajstić information content (AvgIpc) is 3.13. The molecule has 0 aromatic heterocycles. The predicted molar refractivity (Wildman–Crippen MR) is 101 cm³/mol. The second kappa shape index (κ2) is 6.08. The summed E-state index contributed by atoms with van der Waals surface area (Å²) in [6.45, 7) is 4.75. The van der Waals surface area contributed by atoms with E-state index >= 15 is 0 Å². The number of hydrogen-bond donors (Lipinski definition) is 1. The van der Waals surface area contributed by atoms with Crippen molar-refractivity contribution in [3.63, 3.8) is 0 Å². The van der Waals surface area contributed by atoms with Crippen LogP contribution >= 0.6 is 0 Å². The molecule has 2 aromatic carbocycles. The van der Waals surface area contributed by atoms with Crippen molar-refractivity contribution in [2.24, 2.45) is 5.73 Å². The minimum atomic E-state index is -3.57. The Morgan fingerprint density at radius 1 is 1.12 bits per heavy atom. The van der Waals surface area contributed by atoms with Crippen molar-refractivity contribution in [1.82, 2.24) is 4.31 Å². The fourth-order valence-electron chi connectivity index (χ4n) is 3.94. The third-order valence-corrected chi connectivity index (χ3v) is 7.06. The van der Waals surface area contributed by atoms with Gasteiger partial charge in [0.05, 0.1) is 4.90 Å². The lowest BCUT2D eigenvalue weighted by molar-refractivity contribution is 0.138. The van der Waals surface area contributed by atoms with Crippen LogP contribution in [0.4, 0.5) is 0 Å². The van der Waals surface area contributed by atoms with Gasteiger partial charge in [0.1, 0.15) is 11.4 Å². The summed E-state index contributed by atoms with van der Waals surface area (Å²) in [6, 6.07) is 14.8. The molecule has 0 saturated carbocycles. The SMILES string of the molecule is CC1(C)Cc2cc(S(=O)(=O)N3C[C@@H](N)[C@H](c4ccccc4)C3)ccc2O1. The molecule has 0 radical (unpaired) electrons. The minimum absolute atomic E-state index is 0.0164. The van der Waals surface area contributed by atoms with E-state index in [4.69, 9.17) is 10.5 Å². The quantitative estimate of drug-likeness (QED) is 0.899. The first kappa shape index (κ1) is 17.5. The van der Waals surface area contributed by atoms with Gasteiger partial charge in [0.25, 0.3) is 0 Å². The Kier molecular flexibility index (Phi) is 4.10. The van der Waals surface area contributed by atoms with E-state index in [0.717, 1.165) is 16.9 Å². The zero-order valence-electron chi connectivity index (χ0n) is 15.1. The van der Waals surface area contributed by atoms with Crippen LogP contribution in [-0.2, 0) is 16.4 Å². The first-order chi connectivity index (χ1) is 12.3. The normalized spacial score (nSPS) is 25.0. The number of ether oxygens (including phenoxy) is 1. The zero-order chi connectivity index (χ0) is 18.5. The molecule has 138 valence electrons. The third kappa shape index (κ3) is 3.02. The molecule has 5 nitrogen and oxygen atoms in total. The van der Waals surface area contributed by atoms with Gasteiger partial charge in [-0.3, -0.25) is 0 Å².